The third kappa shape index (κ3) is 11.9. The van der Waals surface area contributed by atoms with Gasteiger partial charge in [0.05, 0.1) is 18.9 Å². The van der Waals surface area contributed by atoms with Crippen molar-refractivity contribution in [3.63, 3.8) is 0 Å². The Balaban J connectivity index is 2.33. The van der Waals surface area contributed by atoms with Crippen molar-refractivity contribution in [3.8, 4) is 5.75 Å². The molecule has 0 spiro atoms. The van der Waals surface area contributed by atoms with E-state index in [0.717, 1.165) is 12.1 Å². The average Bonchev–Trinajstić information content (AvgIpc) is 3.20. The Morgan fingerprint density at radius 2 is 1.16 bits per heavy atom. The topological polar surface area (TPSA) is 83.1 Å². The molecule has 1 atom stereocenters. The van der Waals surface area contributed by atoms with Crippen LogP contribution in [0, 0.1) is 11.6 Å². The number of benzene rings is 2. The van der Waals surface area contributed by atoms with Crippen molar-refractivity contribution < 1.29 is 112 Å². The number of hydrogen-bond donors (Lipinski definition) is 1. The Kier molecular flexibility index (Phi) is 18.4. The molecule has 67 heavy (non-hydrogen) atoms. The molecule has 0 saturated heterocycles. The monoisotopic (exact) mass is 1020 g/mol. The largest absolute Gasteiger partial charge is 0.491 e. The highest BCUT2D eigenvalue weighted by atomic mass is 28.4. The molecule has 0 fully saturated rings. The molecule has 0 aliphatic heterocycles. The predicted octanol–water partition coefficient (Wildman–Crippen LogP) is 14.1. The summed E-state index contributed by atoms with van der Waals surface area (Å²) in [5, 5.41) is 2.12. The van der Waals surface area contributed by atoms with E-state index < -0.39 is 128 Å². The number of esters is 1. The first kappa shape index (κ1) is 58.7. The van der Waals surface area contributed by atoms with Gasteiger partial charge in [-0.25, -0.2) is 18.4 Å². The van der Waals surface area contributed by atoms with Gasteiger partial charge in [-0.15, -0.1) is 0 Å². The highest BCUT2D eigenvalue weighted by molar-refractivity contribution is 6.76. The number of anilines is 1. The lowest BCUT2D eigenvalue weighted by atomic mass is 9.88. The Hall–Kier alpha value is -4.43. The lowest BCUT2D eigenvalue weighted by Crippen LogP contribution is -2.74. The highest BCUT2D eigenvalue weighted by Crippen LogP contribution is 2.64. The van der Waals surface area contributed by atoms with E-state index in [1.807, 2.05) is 0 Å². The van der Waals surface area contributed by atoms with E-state index in [1.165, 1.54) is 65.8 Å². The van der Waals surface area contributed by atoms with E-state index in [2.05, 4.69) is 5.32 Å². The molecule has 2 rings (SSSR count). The van der Waals surface area contributed by atoms with Crippen LogP contribution >= 0.6 is 0 Å². The molecule has 0 saturated carbocycles. The van der Waals surface area contributed by atoms with Gasteiger partial charge in [0.2, 0.25) is 0 Å². The van der Waals surface area contributed by atoms with Crippen LogP contribution in [-0.4, -0.2) is 87.8 Å². The molecule has 0 radical (unpaired) electrons. The number of carbonyl (C=O) groups excluding carboxylic acids is 2. The van der Waals surface area contributed by atoms with Gasteiger partial charge >= 0.3 is 59.7 Å². The first-order valence-corrected chi connectivity index (χ1v) is 21.8. The molecule has 7 nitrogen and oxygen atoms in total. The van der Waals surface area contributed by atoms with Crippen molar-refractivity contribution in [1.29, 1.82) is 0 Å². The van der Waals surface area contributed by atoms with E-state index in [-0.39, 0.29) is 29.9 Å². The zero-order valence-corrected chi connectivity index (χ0v) is 37.1. The first-order valence-electron chi connectivity index (χ1n) is 19.6. The van der Waals surface area contributed by atoms with Crippen molar-refractivity contribution in [1.82, 2.24) is 0 Å². The molecule has 2 aromatic carbocycles. The van der Waals surface area contributed by atoms with Crippen molar-refractivity contribution >= 4 is 26.1 Å². The third-order valence-corrected chi connectivity index (χ3v) is 16.4. The van der Waals surface area contributed by atoms with Crippen LogP contribution in [0.4, 0.5) is 93.9 Å². The van der Waals surface area contributed by atoms with Gasteiger partial charge in [0, 0.05) is 24.5 Å². The maximum absolute atomic E-state index is 15.0. The lowest BCUT2D eigenvalue weighted by molar-refractivity contribution is -0.461. The second kappa shape index (κ2) is 21.1. The number of hydrogen-bond acceptors (Lipinski definition) is 6. The summed E-state index contributed by atoms with van der Waals surface area (Å²) in [6.07, 6.45) is -13.0. The van der Waals surface area contributed by atoms with Gasteiger partial charge in [0.25, 0.3) is 0 Å². The molecule has 0 aliphatic rings. The number of rotatable bonds is 23. The molecule has 0 aromatic heterocycles. The van der Waals surface area contributed by atoms with Crippen LogP contribution in [-0.2, 0) is 18.7 Å². The van der Waals surface area contributed by atoms with Crippen LogP contribution in [0.25, 0.3) is 0 Å². The van der Waals surface area contributed by atoms with E-state index in [0.29, 0.717) is 11.6 Å². The molecule has 27 heteroatoms. The van der Waals surface area contributed by atoms with Gasteiger partial charge in [-0.1, -0.05) is 45.4 Å². The minimum Gasteiger partial charge on any atom is -0.491 e. The fourth-order valence-electron chi connectivity index (χ4n) is 6.46. The van der Waals surface area contributed by atoms with Crippen LogP contribution in [0.15, 0.2) is 53.6 Å². The van der Waals surface area contributed by atoms with Gasteiger partial charge in [-0.2, -0.15) is 74.6 Å². The number of halogens is 19. The van der Waals surface area contributed by atoms with E-state index in [4.69, 9.17) is 18.6 Å². The average molecular weight is 1020 g/mol. The molecule has 0 unspecified atom stereocenters. The lowest BCUT2D eigenvalue weighted by Gasteiger charge is -2.44. The van der Waals surface area contributed by atoms with Gasteiger partial charge in [-0.05, 0) is 67.7 Å². The Labute approximate surface area is 371 Å². The van der Waals surface area contributed by atoms with Gasteiger partial charge in [0.15, 0.2) is 8.32 Å². The minimum absolute atomic E-state index is 0.0324. The molecule has 382 valence electrons. The summed E-state index contributed by atoms with van der Waals surface area (Å²) in [6.45, 7) is 8.64. The Bertz CT molecular complexity index is 2030. The van der Waals surface area contributed by atoms with Crippen molar-refractivity contribution in [2.45, 2.75) is 132 Å². The smallest absolute Gasteiger partial charge is 0.460 e. The fourth-order valence-corrected chi connectivity index (χ4v) is 10.9. The maximum atomic E-state index is 15.0. The van der Waals surface area contributed by atoms with Crippen molar-refractivity contribution in [3.05, 3.63) is 70.8 Å². The molecule has 1 amide bonds. The first-order chi connectivity index (χ1) is 30.2. The van der Waals surface area contributed by atoms with E-state index in [9.17, 15) is 84.2 Å². The summed E-state index contributed by atoms with van der Waals surface area (Å²) in [6, 6.07) is 6.24. The number of ether oxygens (including phenoxy) is 3. The summed E-state index contributed by atoms with van der Waals surface area (Å²) >= 11 is 0. The number of carbonyl (C=O) groups is 2. The Morgan fingerprint density at radius 3 is 1.63 bits per heavy atom. The quantitative estimate of drug-likeness (QED) is 0.0393. The fraction of sp³-hybridized carbons (Fsp3) is 0.600. The van der Waals surface area contributed by atoms with Crippen molar-refractivity contribution in [2.24, 2.45) is 0 Å². The Morgan fingerprint density at radius 1 is 0.672 bits per heavy atom. The zero-order valence-electron chi connectivity index (χ0n) is 36.1. The van der Waals surface area contributed by atoms with Gasteiger partial charge in [0.1, 0.15) is 30.1 Å². The molecule has 1 N–H and O–H groups in total. The zero-order chi connectivity index (χ0) is 52.2. The van der Waals surface area contributed by atoms with E-state index in [1.54, 1.807) is 6.92 Å². The minimum atomic E-state index is -8.72. The summed E-state index contributed by atoms with van der Waals surface area (Å²) in [5.41, 5.74) is -1.51. The van der Waals surface area contributed by atoms with Crippen LogP contribution in [0.5, 0.6) is 5.75 Å². The van der Waals surface area contributed by atoms with Gasteiger partial charge in [-0.3, -0.25) is 5.32 Å². The second-order valence-electron chi connectivity index (χ2n) is 15.7. The molecular formula is C40H44F19NO6Si. The number of nitrogens with one attached hydrogen (secondary N) is 1. The summed E-state index contributed by atoms with van der Waals surface area (Å²) in [7, 11) is -4.06. The standard InChI is InChI=1S/C40H44F19NO6Si/c1-8-63-31(61)24(7)23(6)19-30(66-32(62)60-29-14-11-26(41)20-28(29)42)25-9-12-27(13-10-25)64-16-17-65-67(21(2)3,22(4)5)18-15-33(43,44)34(45,46)35(47,48)36(49,50)37(51,52)38(53,54)39(55,56)40(57,58)59/h9-14,20-22,30H,8,15-19H2,1-7H3,(H,60,62)/b24-23+/t30-/m0/s1. The SMILES string of the molecule is CCOC(=O)/C(C)=C(\C)C[C@H](OC(=O)Nc1ccc(F)cc1F)c1ccc(OCCO[Si](CCC(F)(F)C(F)(F)C(F)(F)C(F)(F)C(F)(F)C(F)(F)C(F)(F)C(F)(F)F)(C(C)C)C(C)C)cc1. The summed E-state index contributed by atoms with van der Waals surface area (Å²) < 4.78 is 285. The van der Waals surface area contributed by atoms with Crippen LogP contribution in [0.3, 0.4) is 0 Å². The number of amides is 1. The summed E-state index contributed by atoms with van der Waals surface area (Å²) in [4.78, 5) is 25.1. The summed E-state index contributed by atoms with van der Waals surface area (Å²) in [5.74, 6) is -59.7. The predicted molar refractivity (Wildman–Crippen MR) is 203 cm³/mol. The van der Waals surface area contributed by atoms with Crippen LogP contribution in [0.2, 0.25) is 17.1 Å². The van der Waals surface area contributed by atoms with Crippen LogP contribution < -0.4 is 10.1 Å². The maximum Gasteiger partial charge on any atom is 0.460 e. The molecular weight excluding hydrogens is 979 g/mol. The molecule has 0 aliphatic carbocycles. The normalized spacial score (nSPS) is 14.8. The van der Waals surface area contributed by atoms with Gasteiger partial charge < -0.3 is 18.6 Å². The molecule has 0 heterocycles. The second-order valence-corrected chi connectivity index (χ2v) is 20.7. The van der Waals surface area contributed by atoms with E-state index >= 15 is 8.78 Å². The van der Waals surface area contributed by atoms with Crippen molar-refractivity contribution in [2.75, 3.05) is 25.1 Å². The number of alkyl halides is 17. The molecule has 0 bridgehead atoms. The third-order valence-electron chi connectivity index (χ3n) is 10.7. The highest BCUT2D eigenvalue weighted by Gasteiger charge is 2.95. The van der Waals surface area contributed by atoms with Crippen LogP contribution in [0.1, 0.15) is 73.0 Å². The molecule has 2 aromatic rings.